The van der Waals surface area contributed by atoms with Crippen LogP contribution >= 0.6 is 0 Å². The Kier molecular flexibility index (Phi) is 6.72. The van der Waals surface area contributed by atoms with E-state index in [0.717, 1.165) is 12.0 Å². The summed E-state index contributed by atoms with van der Waals surface area (Å²) in [5.74, 6) is -1.09. The van der Waals surface area contributed by atoms with Crippen LogP contribution in [0.5, 0.6) is 0 Å². The Morgan fingerprint density at radius 1 is 1.12 bits per heavy atom. The predicted octanol–water partition coefficient (Wildman–Crippen LogP) is 2.66. The zero-order chi connectivity index (χ0) is 23.4. The number of hydrogen-bond acceptors (Lipinski definition) is 6. The molecule has 0 saturated heterocycles. The van der Waals surface area contributed by atoms with Gasteiger partial charge < -0.3 is 10.1 Å². The number of amides is 3. The van der Waals surface area contributed by atoms with Crippen molar-refractivity contribution in [3.05, 3.63) is 63.3 Å². The summed E-state index contributed by atoms with van der Waals surface area (Å²) in [4.78, 5) is 49.5. The summed E-state index contributed by atoms with van der Waals surface area (Å²) < 4.78 is 7.62. The number of carbonyl (C=O) groups excluding carboxylic acids is 3. The van der Waals surface area contributed by atoms with Crippen LogP contribution in [0.1, 0.15) is 52.1 Å². The van der Waals surface area contributed by atoms with Crippen molar-refractivity contribution in [2.45, 2.75) is 40.7 Å². The molecule has 0 aliphatic carbocycles. The fraction of sp³-hybridized carbons (Fsp3) is 0.318. The van der Waals surface area contributed by atoms with Crippen LogP contribution in [-0.4, -0.2) is 38.7 Å². The number of anilines is 1. The van der Waals surface area contributed by atoms with Crippen LogP contribution in [0.3, 0.4) is 0 Å². The Bertz CT molecular complexity index is 1260. The second-order valence-electron chi connectivity index (χ2n) is 7.25. The highest BCUT2D eigenvalue weighted by Gasteiger charge is 2.19. The number of aryl methyl sites for hydroxylation is 3. The molecule has 0 fully saturated rings. The molecule has 0 atom stereocenters. The zero-order valence-corrected chi connectivity index (χ0v) is 18.4. The molecule has 1 aromatic carbocycles. The van der Waals surface area contributed by atoms with E-state index < -0.39 is 17.9 Å². The maximum Gasteiger partial charge on any atom is 0.414 e. The van der Waals surface area contributed by atoms with E-state index in [4.69, 9.17) is 4.74 Å². The van der Waals surface area contributed by atoms with Gasteiger partial charge in [0.25, 0.3) is 17.4 Å². The number of rotatable bonds is 6. The number of alkyl carbamates (subject to hydrolysis) is 1. The van der Waals surface area contributed by atoms with Gasteiger partial charge >= 0.3 is 6.09 Å². The van der Waals surface area contributed by atoms with Gasteiger partial charge in [0.05, 0.1) is 12.2 Å². The molecule has 0 bridgehead atoms. The predicted molar refractivity (Wildman–Crippen MR) is 118 cm³/mol. The molecule has 10 nitrogen and oxygen atoms in total. The number of hydrogen-bond donors (Lipinski definition) is 2. The van der Waals surface area contributed by atoms with Gasteiger partial charge in [0.1, 0.15) is 11.8 Å². The largest absolute Gasteiger partial charge is 0.450 e. The molecule has 3 amide bonds. The quantitative estimate of drug-likeness (QED) is 0.609. The Morgan fingerprint density at radius 2 is 1.88 bits per heavy atom. The summed E-state index contributed by atoms with van der Waals surface area (Å²) in [6.45, 7) is 7.73. The number of aromatic nitrogens is 3. The number of ether oxygens (including phenoxy) is 1. The van der Waals surface area contributed by atoms with Crippen molar-refractivity contribution in [1.29, 1.82) is 0 Å². The Labute approximate surface area is 184 Å². The average Bonchev–Trinajstić information content (AvgIpc) is 3.09. The van der Waals surface area contributed by atoms with Crippen molar-refractivity contribution in [3.63, 3.8) is 0 Å². The average molecular weight is 439 g/mol. The highest BCUT2D eigenvalue weighted by atomic mass is 16.5. The van der Waals surface area contributed by atoms with Crippen molar-refractivity contribution >= 4 is 29.1 Å². The molecule has 0 aliphatic rings. The molecule has 3 aromatic rings. The molecule has 32 heavy (non-hydrogen) atoms. The lowest BCUT2D eigenvalue weighted by molar-refractivity contribution is 0.0923. The minimum Gasteiger partial charge on any atom is -0.450 e. The summed E-state index contributed by atoms with van der Waals surface area (Å²) in [7, 11) is 0. The number of carbonyl (C=O) groups is 3. The van der Waals surface area contributed by atoms with Crippen LogP contribution in [-0.2, 0) is 11.3 Å². The normalized spacial score (nSPS) is 10.8. The van der Waals surface area contributed by atoms with Crippen LogP contribution in [0, 0.1) is 13.8 Å². The first-order valence-electron chi connectivity index (χ1n) is 10.2. The van der Waals surface area contributed by atoms with Crippen LogP contribution in [0.15, 0.2) is 35.5 Å². The lowest BCUT2D eigenvalue weighted by Gasteiger charge is -2.11. The third-order valence-electron chi connectivity index (χ3n) is 4.97. The summed E-state index contributed by atoms with van der Waals surface area (Å²) in [5.41, 5.74) is 2.23. The molecule has 2 heterocycles. The zero-order valence-electron chi connectivity index (χ0n) is 18.4. The van der Waals surface area contributed by atoms with Gasteiger partial charge in [-0.2, -0.15) is 5.10 Å². The Morgan fingerprint density at radius 3 is 2.56 bits per heavy atom. The molecule has 0 unspecified atom stereocenters. The third-order valence-corrected chi connectivity index (χ3v) is 4.97. The van der Waals surface area contributed by atoms with Crippen LogP contribution in [0.25, 0.3) is 5.52 Å². The number of nitrogens with zero attached hydrogens (tertiary/aromatic N) is 3. The molecule has 2 aromatic heterocycles. The summed E-state index contributed by atoms with van der Waals surface area (Å²) >= 11 is 0. The van der Waals surface area contributed by atoms with E-state index in [1.807, 2.05) is 6.92 Å². The van der Waals surface area contributed by atoms with Crippen LogP contribution in [0.4, 0.5) is 10.5 Å². The third kappa shape index (κ3) is 4.53. The molecule has 0 saturated carbocycles. The maximum absolute atomic E-state index is 13.0. The molecule has 10 heteroatoms. The van der Waals surface area contributed by atoms with E-state index in [1.54, 1.807) is 26.8 Å². The Balaban J connectivity index is 1.89. The standard InChI is InChI=1S/C22H25N5O5/c1-5-9-26-12-23-27-11-16(14(4)18(27)21(26)30)20(29)24-17-10-15(8-7-13(17)3)19(28)25-22(31)32-6-2/h7-8,10-12H,5-6,9H2,1-4H3,(H,24,29)(H,25,28,31). The second-order valence-corrected chi connectivity index (χ2v) is 7.25. The van der Waals surface area contributed by atoms with Crippen molar-refractivity contribution in [2.75, 3.05) is 11.9 Å². The maximum atomic E-state index is 13.0. The number of imide groups is 1. The van der Waals surface area contributed by atoms with Gasteiger partial charge in [0, 0.05) is 24.0 Å². The first kappa shape index (κ1) is 22.7. The van der Waals surface area contributed by atoms with E-state index in [9.17, 15) is 19.2 Å². The number of benzene rings is 1. The van der Waals surface area contributed by atoms with Gasteiger partial charge in [0.2, 0.25) is 0 Å². The highest BCUT2D eigenvalue weighted by molar-refractivity contribution is 6.08. The topological polar surface area (TPSA) is 124 Å². The summed E-state index contributed by atoms with van der Waals surface area (Å²) in [6, 6.07) is 4.67. The smallest absolute Gasteiger partial charge is 0.414 e. The van der Waals surface area contributed by atoms with Crippen molar-refractivity contribution < 1.29 is 19.1 Å². The Hall–Kier alpha value is -3.95. The molecule has 0 aliphatic heterocycles. The first-order chi connectivity index (χ1) is 15.3. The van der Waals surface area contributed by atoms with E-state index in [1.165, 1.54) is 33.7 Å². The van der Waals surface area contributed by atoms with E-state index in [-0.39, 0.29) is 17.7 Å². The van der Waals surface area contributed by atoms with E-state index in [0.29, 0.717) is 28.9 Å². The molecule has 3 rings (SSSR count). The van der Waals surface area contributed by atoms with Crippen LogP contribution < -0.4 is 16.2 Å². The fourth-order valence-corrected chi connectivity index (χ4v) is 3.29. The molecule has 168 valence electrons. The van der Waals surface area contributed by atoms with Crippen molar-refractivity contribution in [1.82, 2.24) is 19.5 Å². The van der Waals surface area contributed by atoms with Gasteiger partial charge in [-0.05, 0) is 50.5 Å². The number of nitrogens with one attached hydrogen (secondary N) is 2. The van der Waals surface area contributed by atoms with Gasteiger partial charge in [-0.1, -0.05) is 13.0 Å². The van der Waals surface area contributed by atoms with Crippen LogP contribution in [0.2, 0.25) is 0 Å². The van der Waals surface area contributed by atoms with Gasteiger partial charge in [-0.3, -0.25) is 24.3 Å². The lowest BCUT2D eigenvalue weighted by atomic mass is 10.1. The SMILES string of the molecule is CCCn1cnn2cc(C(=O)Nc3cc(C(=O)NC(=O)OCC)ccc3C)c(C)c2c1=O. The lowest BCUT2D eigenvalue weighted by Crippen LogP contribution is -2.31. The minimum atomic E-state index is -0.846. The van der Waals surface area contributed by atoms with Gasteiger partial charge in [-0.15, -0.1) is 0 Å². The summed E-state index contributed by atoms with van der Waals surface area (Å²) in [5, 5.41) is 9.12. The van der Waals surface area contributed by atoms with Gasteiger partial charge in [0.15, 0.2) is 0 Å². The fourth-order valence-electron chi connectivity index (χ4n) is 3.29. The number of fused-ring (bicyclic) bond motifs is 1. The van der Waals surface area contributed by atoms with Gasteiger partial charge in [-0.25, -0.2) is 9.31 Å². The molecule has 2 N–H and O–H groups in total. The molecule has 0 spiro atoms. The monoisotopic (exact) mass is 439 g/mol. The molecule has 0 radical (unpaired) electrons. The minimum absolute atomic E-state index is 0.137. The van der Waals surface area contributed by atoms with Crippen molar-refractivity contribution in [2.24, 2.45) is 0 Å². The summed E-state index contributed by atoms with van der Waals surface area (Å²) in [6.07, 6.45) is 2.89. The second kappa shape index (κ2) is 9.46. The molecular formula is C22H25N5O5. The van der Waals surface area contributed by atoms with Crippen molar-refractivity contribution in [3.8, 4) is 0 Å². The van der Waals surface area contributed by atoms with E-state index in [2.05, 4.69) is 15.7 Å². The highest BCUT2D eigenvalue weighted by Crippen LogP contribution is 2.20. The van der Waals surface area contributed by atoms with E-state index >= 15 is 0 Å². The first-order valence-corrected chi connectivity index (χ1v) is 10.2. The molecular weight excluding hydrogens is 414 g/mol.